The molecule has 8 rings (SSSR count). The summed E-state index contributed by atoms with van der Waals surface area (Å²) in [7, 11) is 0. The van der Waals surface area contributed by atoms with Gasteiger partial charge in [-0.2, -0.15) is 4.98 Å². The van der Waals surface area contributed by atoms with Crippen LogP contribution < -0.4 is 25.8 Å². The SMILES string of the molecule is O=C1CCC(Nc2ccc(C3CCN(CC(=O)N4CCC5(CC4)CCN(c4cncc(Nc6ncc(Cl)c(N7CC=CCC7)n6)c4)C5=O)CC3)cc2)C(=O)N1. The van der Waals surface area contributed by atoms with Gasteiger partial charge in [0.2, 0.25) is 29.6 Å². The fourth-order valence-corrected chi connectivity index (χ4v) is 8.77. The van der Waals surface area contributed by atoms with Crippen molar-refractivity contribution in [3.63, 3.8) is 0 Å². The summed E-state index contributed by atoms with van der Waals surface area (Å²) in [5.74, 6) is 1.24. The van der Waals surface area contributed by atoms with E-state index in [0.29, 0.717) is 80.3 Å². The lowest BCUT2D eigenvalue weighted by Gasteiger charge is -2.39. The first-order chi connectivity index (χ1) is 26.7. The fourth-order valence-electron chi connectivity index (χ4n) is 8.56. The van der Waals surface area contributed by atoms with Gasteiger partial charge in [0.05, 0.1) is 41.9 Å². The van der Waals surface area contributed by atoms with Crippen molar-refractivity contribution in [2.24, 2.45) is 5.41 Å². The molecule has 55 heavy (non-hydrogen) atoms. The van der Waals surface area contributed by atoms with Gasteiger partial charge in [-0.15, -0.1) is 0 Å². The molecule has 14 nitrogen and oxygen atoms in total. The van der Waals surface area contributed by atoms with Crippen LogP contribution in [-0.2, 0) is 19.2 Å². The number of carbonyl (C=O) groups is 4. The fraction of sp³-hybridized carbons (Fsp3) is 0.475. The van der Waals surface area contributed by atoms with E-state index in [9.17, 15) is 19.2 Å². The molecule has 0 bridgehead atoms. The van der Waals surface area contributed by atoms with E-state index in [1.165, 1.54) is 5.56 Å². The van der Waals surface area contributed by atoms with E-state index in [-0.39, 0.29) is 23.6 Å². The zero-order valence-electron chi connectivity index (χ0n) is 30.9. The van der Waals surface area contributed by atoms with Crippen LogP contribution in [0.5, 0.6) is 0 Å². The van der Waals surface area contributed by atoms with Crippen molar-refractivity contribution in [3.05, 3.63) is 71.7 Å². The summed E-state index contributed by atoms with van der Waals surface area (Å²) in [5.41, 5.74) is 3.05. The molecule has 0 radical (unpaired) electrons. The first kappa shape index (κ1) is 36.9. The topological polar surface area (TPSA) is 156 Å². The predicted octanol–water partition coefficient (Wildman–Crippen LogP) is 4.48. The number of aromatic nitrogens is 3. The predicted molar refractivity (Wildman–Crippen MR) is 210 cm³/mol. The average Bonchev–Trinajstić information content (AvgIpc) is 3.52. The van der Waals surface area contributed by atoms with Crippen molar-refractivity contribution >= 4 is 64.1 Å². The summed E-state index contributed by atoms with van der Waals surface area (Å²) < 4.78 is 0. The summed E-state index contributed by atoms with van der Waals surface area (Å²) in [6.45, 7) is 5.44. The molecule has 0 saturated carbocycles. The Kier molecular flexibility index (Phi) is 10.7. The summed E-state index contributed by atoms with van der Waals surface area (Å²) in [6.07, 6.45) is 15.0. The highest BCUT2D eigenvalue weighted by atomic mass is 35.5. The number of piperidine rings is 3. The molecule has 1 aromatic carbocycles. The standard InChI is InChI=1S/C40H47ClN10O4/c41-32-25-43-39(47-36(32)50-15-2-1-3-16-50)45-30-22-31(24-42-23-30)51-21-14-40(38(51)55)12-19-49(20-13-40)35(53)26-48-17-10-28(11-18-48)27-4-6-29(7-5-27)44-33-8-9-34(52)46-37(33)54/h1-2,4-7,22-25,28,33,44H,3,8-21,26H2,(H,43,45,47)(H,46,52,54). The van der Waals surface area contributed by atoms with Gasteiger partial charge < -0.3 is 25.3 Å². The number of hydrogen-bond donors (Lipinski definition) is 3. The zero-order valence-corrected chi connectivity index (χ0v) is 31.6. The number of halogens is 1. The van der Waals surface area contributed by atoms with Crippen LogP contribution in [-0.4, -0.2) is 107 Å². The van der Waals surface area contributed by atoms with Crippen LogP contribution >= 0.6 is 11.6 Å². The molecule has 2 aromatic heterocycles. The van der Waals surface area contributed by atoms with E-state index in [1.807, 2.05) is 28.0 Å². The maximum atomic E-state index is 14.0. The van der Waals surface area contributed by atoms with Crippen LogP contribution in [0.3, 0.4) is 0 Å². The van der Waals surface area contributed by atoms with Crippen molar-refractivity contribution in [2.45, 2.75) is 63.3 Å². The molecule has 4 fully saturated rings. The Morgan fingerprint density at radius 1 is 0.909 bits per heavy atom. The van der Waals surface area contributed by atoms with Crippen molar-refractivity contribution in [2.75, 3.05) is 72.8 Å². The molecule has 3 aromatic rings. The van der Waals surface area contributed by atoms with E-state index in [4.69, 9.17) is 11.6 Å². The summed E-state index contributed by atoms with van der Waals surface area (Å²) in [5, 5.41) is 9.37. The Hall–Kier alpha value is -5.08. The molecule has 7 heterocycles. The maximum Gasteiger partial charge on any atom is 0.249 e. The highest BCUT2D eigenvalue weighted by Gasteiger charge is 2.49. The number of anilines is 5. The normalized spacial score (nSPS) is 21.9. The molecular weight excluding hydrogens is 720 g/mol. The van der Waals surface area contributed by atoms with Gasteiger partial charge in [0.1, 0.15) is 11.1 Å². The van der Waals surface area contributed by atoms with Crippen molar-refractivity contribution < 1.29 is 19.2 Å². The number of likely N-dealkylation sites (tertiary alicyclic amines) is 2. The third kappa shape index (κ3) is 8.15. The Balaban J connectivity index is 0.799. The number of nitrogens with zero attached hydrogens (tertiary/aromatic N) is 7. The molecule has 1 unspecified atom stereocenters. The molecule has 5 aliphatic rings. The van der Waals surface area contributed by atoms with Crippen molar-refractivity contribution in [3.8, 4) is 0 Å². The lowest BCUT2D eigenvalue weighted by atomic mass is 9.77. The Morgan fingerprint density at radius 2 is 1.69 bits per heavy atom. The quantitative estimate of drug-likeness (QED) is 0.209. The van der Waals surface area contributed by atoms with Crippen molar-refractivity contribution in [1.82, 2.24) is 30.1 Å². The molecule has 288 valence electrons. The number of amides is 4. The van der Waals surface area contributed by atoms with Gasteiger partial charge >= 0.3 is 0 Å². The second kappa shape index (κ2) is 16.0. The van der Waals surface area contributed by atoms with Crippen molar-refractivity contribution in [1.29, 1.82) is 0 Å². The second-order valence-corrected chi connectivity index (χ2v) is 15.7. The molecule has 0 aliphatic carbocycles. The minimum absolute atomic E-state index is 0.101. The Labute approximate surface area is 325 Å². The number of benzene rings is 1. The van der Waals surface area contributed by atoms with E-state index in [2.05, 4.69) is 65.0 Å². The smallest absolute Gasteiger partial charge is 0.249 e. The Bertz CT molecular complexity index is 1960. The summed E-state index contributed by atoms with van der Waals surface area (Å²) in [4.78, 5) is 72.6. The van der Waals surface area contributed by atoms with Gasteiger partial charge in [-0.3, -0.25) is 34.4 Å². The molecule has 5 aliphatic heterocycles. The van der Waals surface area contributed by atoms with Gasteiger partial charge in [0.25, 0.3) is 0 Å². The monoisotopic (exact) mass is 766 g/mol. The van der Waals surface area contributed by atoms with E-state index < -0.39 is 11.5 Å². The maximum absolute atomic E-state index is 14.0. The lowest BCUT2D eigenvalue weighted by molar-refractivity contribution is -0.138. The minimum atomic E-state index is -0.470. The first-order valence-electron chi connectivity index (χ1n) is 19.4. The summed E-state index contributed by atoms with van der Waals surface area (Å²) in [6, 6.07) is 9.72. The van der Waals surface area contributed by atoms with Crippen LogP contribution in [0.15, 0.2) is 61.1 Å². The number of imide groups is 1. The average molecular weight is 767 g/mol. The molecule has 3 N–H and O–H groups in total. The number of hydrogen-bond acceptors (Lipinski definition) is 11. The number of nitrogens with one attached hydrogen (secondary N) is 3. The number of pyridine rings is 1. The van der Waals surface area contributed by atoms with Crippen LogP contribution in [0.25, 0.3) is 0 Å². The minimum Gasteiger partial charge on any atom is -0.374 e. The number of rotatable bonds is 9. The molecule has 4 amide bonds. The molecule has 4 saturated heterocycles. The highest BCUT2D eigenvalue weighted by Crippen LogP contribution is 2.43. The van der Waals surface area contributed by atoms with E-state index >= 15 is 0 Å². The van der Waals surface area contributed by atoms with Crippen LogP contribution in [0.2, 0.25) is 5.02 Å². The second-order valence-electron chi connectivity index (χ2n) is 15.3. The van der Waals surface area contributed by atoms with E-state index in [1.54, 1.807) is 18.6 Å². The van der Waals surface area contributed by atoms with Gasteiger partial charge in [0.15, 0.2) is 5.82 Å². The van der Waals surface area contributed by atoms with Gasteiger partial charge in [0, 0.05) is 44.8 Å². The van der Waals surface area contributed by atoms with Crippen LogP contribution in [0.4, 0.5) is 28.8 Å². The zero-order chi connectivity index (χ0) is 37.9. The molecular formula is C40H47ClN10O4. The van der Waals surface area contributed by atoms with E-state index in [0.717, 1.165) is 63.2 Å². The van der Waals surface area contributed by atoms with Crippen LogP contribution in [0, 0.1) is 5.41 Å². The highest BCUT2D eigenvalue weighted by molar-refractivity contribution is 6.32. The van der Waals surface area contributed by atoms with Gasteiger partial charge in [-0.05, 0) is 87.7 Å². The van der Waals surface area contributed by atoms with Gasteiger partial charge in [-0.25, -0.2) is 4.98 Å². The molecule has 15 heteroatoms. The third-order valence-corrected chi connectivity index (χ3v) is 12.1. The Morgan fingerprint density at radius 3 is 2.44 bits per heavy atom. The summed E-state index contributed by atoms with van der Waals surface area (Å²) >= 11 is 6.44. The first-order valence-corrected chi connectivity index (χ1v) is 19.8. The van der Waals surface area contributed by atoms with Crippen LogP contribution in [0.1, 0.15) is 62.8 Å². The van der Waals surface area contributed by atoms with Gasteiger partial charge in [-0.1, -0.05) is 35.9 Å². The number of carbonyl (C=O) groups excluding carboxylic acids is 4. The molecule has 1 spiro atoms. The lowest BCUT2D eigenvalue weighted by Crippen LogP contribution is -2.49. The molecule has 1 atom stereocenters. The largest absolute Gasteiger partial charge is 0.374 e. The third-order valence-electron chi connectivity index (χ3n) is 11.9.